The fraction of sp³-hybridized carbons (Fsp3) is 0.360. The van der Waals surface area contributed by atoms with Gasteiger partial charge in [0.25, 0.3) is 6.01 Å². The smallest absolute Gasteiger partial charge is 0.490 e. The summed E-state index contributed by atoms with van der Waals surface area (Å²) in [6, 6.07) is 14.5. The number of aldehydes is 1. The Morgan fingerprint density at radius 2 is 1.82 bits per heavy atom. The summed E-state index contributed by atoms with van der Waals surface area (Å²) in [5.74, 6) is -0.106. The molecule has 2 aromatic carbocycles. The lowest BCUT2D eigenvalue weighted by Crippen LogP contribution is -2.44. The number of aliphatic hydroxyl groups excluding tert-OH is 2. The van der Waals surface area contributed by atoms with Gasteiger partial charge in [-0.25, -0.2) is 0 Å². The van der Waals surface area contributed by atoms with Gasteiger partial charge in [0.05, 0.1) is 6.54 Å². The van der Waals surface area contributed by atoms with Gasteiger partial charge in [0.1, 0.15) is 30.4 Å². The van der Waals surface area contributed by atoms with Crippen molar-refractivity contribution < 1.29 is 42.4 Å². The molecule has 0 radical (unpaired) electrons. The van der Waals surface area contributed by atoms with E-state index in [1.165, 1.54) is 17.0 Å². The van der Waals surface area contributed by atoms with Crippen molar-refractivity contribution in [3.63, 3.8) is 0 Å². The number of ether oxygens (including phenoxy) is 3. The highest BCUT2D eigenvalue weighted by Gasteiger charge is 2.31. The van der Waals surface area contributed by atoms with Crippen molar-refractivity contribution in [1.29, 1.82) is 0 Å². The van der Waals surface area contributed by atoms with Gasteiger partial charge in [0.15, 0.2) is 18.5 Å². The fourth-order valence-electron chi connectivity index (χ4n) is 3.45. The first-order chi connectivity index (χ1) is 18.2. The van der Waals surface area contributed by atoms with Gasteiger partial charge in [-0.2, -0.15) is 4.98 Å². The maximum Gasteiger partial charge on any atom is 0.573 e. The molecule has 38 heavy (non-hydrogen) atoms. The second kappa shape index (κ2) is 13.7. The van der Waals surface area contributed by atoms with Gasteiger partial charge in [0, 0.05) is 26.3 Å². The lowest BCUT2D eigenvalue weighted by atomic mass is 10.2. The Bertz CT molecular complexity index is 1160. The highest BCUT2D eigenvalue weighted by Crippen LogP contribution is 2.27. The SMILES string of the molecule is CN(c1nc(OCCOc2cccc(OC(F)(F)F)c2)n(Cc2ccccc2)c1C=O)C(O)NCCCO. The van der Waals surface area contributed by atoms with Gasteiger partial charge in [-0.1, -0.05) is 36.4 Å². The molecule has 1 unspecified atom stereocenters. The second-order valence-electron chi connectivity index (χ2n) is 8.03. The third-order valence-electron chi connectivity index (χ3n) is 5.23. The van der Waals surface area contributed by atoms with E-state index in [1.807, 2.05) is 30.3 Å². The number of carbonyl (C=O) groups is 1. The molecule has 3 N–H and O–H groups in total. The first-order valence-electron chi connectivity index (χ1n) is 11.7. The number of hydrogen-bond acceptors (Lipinski definition) is 9. The Morgan fingerprint density at radius 3 is 2.50 bits per heavy atom. The second-order valence-corrected chi connectivity index (χ2v) is 8.03. The summed E-state index contributed by atoms with van der Waals surface area (Å²) in [5, 5.41) is 22.2. The number of nitrogens with zero attached hydrogens (tertiary/aromatic N) is 3. The largest absolute Gasteiger partial charge is 0.573 e. The van der Waals surface area contributed by atoms with E-state index in [1.54, 1.807) is 11.6 Å². The van der Waals surface area contributed by atoms with E-state index in [2.05, 4.69) is 15.0 Å². The monoisotopic (exact) mass is 538 g/mol. The zero-order chi connectivity index (χ0) is 27.5. The van der Waals surface area contributed by atoms with Crippen LogP contribution in [0.15, 0.2) is 54.6 Å². The molecule has 0 fully saturated rings. The third-order valence-corrected chi connectivity index (χ3v) is 5.23. The number of alkyl halides is 3. The summed E-state index contributed by atoms with van der Waals surface area (Å²) in [5.41, 5.74) is 1.03. The van der Waals surface area contributed by atoms with Crippen LogP contribution in [-0.2, 0) is 6.54 Å². The van der Waals surface area contributed by atoms with Crippen LogP contribution in [-0.4, -0.2) is 72.2 Å². The van der Waals surface area contributed by atoms with Crippen molar-refractivity contribution in [1.82, 2.24) is 14.9 Å². The van der Waals surface area contributed by atoms with Crippen molar-refractivity contribution in [3.8, 4) is 17.5 Å². The van der Waals surface area contributed by atoms with Gasteiger partial charge in [-0.05, 0) is 24.1 Å². The van der Waals surface area contributed by atoms with E-state index in [0.29, 0.717) is 19.3 Å². The van der Waals surface area contributed by atoms with Crippen LogP contribution >= 0.6 is 0 Å². The fourth-order valence-corrected chi connectivity index (χ4v) is 3.45. The minimum absolute atomic E-state index is 0.0411. The predicted octanol–water partition coefficient (Wildman–Crippen LogP) is 2.78. The van der Waals surface area contributed by atoms with Crippen molar-refractivity contribution in [2.24, 2.45) is 0 Å². The normalized spacial score (nSPS) is 12.2. The summed E-state index contributed by atoms with van der Waals surface area (Å²) in [7, 11) is 1.54. The summed E-state index contributed by atoms with van der Waals surface area (Å²) in [6.45, 7) is 0.444. The van der Waals surface area contributed by atoms with Crippen LogP contribution in [0.3, 0.4) is 0 Å². The van der Waals surface area contributed by atoms with E-state index in [-0.39, 0.29) is 49.6 Å². The lowest BCUT2D eigenvalue weighted by Gasteiger charge is -2.24. The van der Waals surface area contributed by atoms with Gasteiger partial charge in [-0.15, -0.1) is 13.2 Å². The molecule has 3 aromatic rings. The number of benzene rings is 2. The number of imidazole rings is 1. The number of anilines is 1. The van der Waals surface area contributed by atoms with E-state index in [0.717, 1.165) is 17.7 Å². The third kappa shape index (κ3) is 8.36. The van der Waals surface area contributed by atoms with Crippen molar-refractivity contribution in [2.45, 2.75) is 25.7 Å². The van der Waals surface area contributed by atoms with Crippen LogP contribution in [0.1, 0.15) is 22.5 Å². The molecule has 0 saturated carbocycles. The molecule has 0 spiro atoms. The first kappa shape index (κ1) is 28.8. The number of aromatic nitrogens is 2. The van der Waals surface area contributed by atoms with Crippen LogP contribution < -0.4 is 24.4 Å². The summed E-state index contributed by atoms with van der Waals surface area (Å²) < 4.78 is 54.1. The van der Waals surface area contributed by atoms with E-state index in [9.17, 15) is 23.1 Å². The number of rotatable bonds is 15. The maximum atomic E-state index is 12.5. The zero-order valence-corrected chi connectivity index (χ0v) is 20.6. The lowest BCUT2D eigenvalue weighted by molar-refractivity contribution is -0.274. The average Bonchev–Trinajstić information content (AvgIpc) is 3.23. The molecule has 206 valence electrons. The topological polar surface area (TPSA) is 118 Å². The Balaban J connectivity index is 1.74. The Kier molecular flexibility index (Phi) is 10.3. The molecule has 0 amide bonds. The molecule has 1 atom stereocenters. The molecular formula is C25H29F3N4O6. The van der Waals surface area contributed by atoms with Gasteiger partial charge in [0.2, 0.25) is 0 Å². The van der Waals surface area contributed by atoms with Crippen LogP contribution in [0.25, 0.3) is 0 Å². The van der Waals surface area contributed by atoms with Gasteiger partial charge >= 0.3 is 6.36 Å². The van der Waals surface area contributed by atoms with Crippen LogP contribution in [0.5, 0.6) is 17.5 Å². The highest BCUT2D eigenvalue weighted by atomic mass is 19.4. The zero-order valence-electron chi connectivity index (χ0n) is 20.6. The Labute approximate surface area is 217 Å². The molecule has 3 rings (SSSR count). The molecule has 0 aliphatic rings. The molecule has 0 bridgehead atoms. The molecule has 0 aliphatic heterocycles. The number of carbonyl (C=O) groups excluding carboxylic acids is 1. The summed E-state index contributed by atoms with van der Waals surface area (Å²) in [4.78, 5) is 17.9. The van der Waals surface area contributed by atoms with E-state index >= 15 is 0 Å². The number of halogens is 3. The minimum atomic E-state index is -4.82. The minimum Gasteiger partial charge on any atom is -0.490 e. The Hall–Kier alpha value is -3.81. The quantitative estimate of drug-likeness (QED) is 0.153. The molecular weight excluding hydrogens is 509 g/mol. The highest BCUT2D eigenvalue weighted by molar-refractivity contribution is 5.81. The molecule has 1 aromatic heterocycles. The summed E-state index contributed by atoms with van der Waals surface area (Å²) >= 11 is 0. The molecule has 10 nitrogen and oxygen atoms in total. The number of nitrogens with one attached hydrogen (secondary N) is 1. The van der Waals surface area contributed by atoms with Crippen LogP contribution in [0, 0.1) is 0 Å². The van der Waals surface area contributed by atoms with Gasteiger partial charge in [-0.3, -0.25) is 14.7 Å². The van der Waals surface area contributed by atoms with Crippen LogP contribution in [0.2, 0.25) is 0 Å². The number of aliphatic hydroxyl groups is 2. The van der Waals surface area contributed by atoms with E-state index < -0.39 is 18.5 Å². The maximum absolute atomic E-state index is 12.5. The van der Waals surface area contributed by atoms with Gasteiger partial charge < -0.3 is 29.3 Å². The first-order valence-corrected chi connectivity index (χ1v) is 11.7. The Morgan fingerprint density at radius 1 is 1.11 bits per heavy atom. The average molecular weight is 539 g/mol. The van der Waals surface area contributed by atoms with Crippen molar-refractivity contribution in [3.05, 3.63) is 65.9 Å². The van der Waals surface area contributed by atoms with Crippen molar-refractivity contribution >= 4 is 12.1 Å². The van der Waals surface area contributed by atoms with Crippen molar-refractivity contribution in [2.75, 3.05) is 38.3 Å². The standard InChI is InChI=1S/C25H29F3N4O6/c1-31(23(35)29-11-6-12-33)22-21(17-34)32(16-18-7-3-2-4-8-18)24(30-22)37-14-13-36-19-9-5-10-20(15-19)38-25(26,27)28/h2-5,7-10,15,17,23,29,33,35H,6,11-14,16H2,1H3. The molecule has 13 heteroatoms. The molecule has 0 aliphatic carbocycles. The predicted molar refractivity (Wildman–Crippen MR) is 131 cm³/mol. The molecule has 1 heterocycles. The number of hydrogen-bond donors (Lipinski definition) is 3. The molecule has 0 saturated heterocycles. The van der Waals surface area contributed by atoms with E-state index in [4.69, 9.17) is 14.6 Å². The van der Waals surface area contributed by atoms with Crippen LogP contribution in [0.4, 0.5) is 19.0 Å². The summed E-state index contributed by atoms with van der Waals surface area (Å²) in [6.07, 6.45) is -4.98.